The summed E-state index contributed by atoms with van der Waals surface area (Å²) in [5.74, 6) is -1.42. The lowest BCUT2D eigenvalue weighted by molar-refractivity contribution is -0.148. The van der Waals surface area contributed by atoms with Crippen LogP contribution in [0.5, 0.6) is 0 Å². The molecule has 1 rings (SSSR count). The summed E-state index contributed by atoms with van der Waals surface area (Å²) in [4.78, 5) is 10.1. The van der Waals surface area contributed by atoms with Crippen molar-refractivity contribution in [2.75, 3.05) is 0 Å². The Kier molecular flexibility index (Phi) is 1.71. The van der Waals surface area contributed by atoms with Crippen LogP contribution in [-0.4, -0.2) is 17.2 Å². The molecule has 0 aliphatic heterocycles. The van der Waals surface area contributed by atoms with Crippen molar-refractivity contribution in [1.29, 1.82) is 0 Å². The highest BCUT2D eigenvalue weighted by Crippen LogP contribution is 2.25. The quantitative estimate of drug-likeness (QED) is 0.546. The van der Waals surface area contributed by atoms with Crippen LogP contribution in [0.25, 0.3) is 0 Å². The minimum absolute atomic E-state index is 0.377. The Morgan fingerprint density at radius 1 is 1.44 bits per heavy atom. The largest absolute Gasteiger partial charge is 0.393 e. The predicted octanol–water partition coefficient (Wildman–Crippen LogP) is 0.104. The molecule has 1 N–H and O–H groups in total. The summed E-state index contributed by atoms with van der Waals surface area (Å²) in [7, 11) is 0. The van der Waals surface area contributed by atoms with Gasteiger partial charge in [-0.15, -0.1) is 0 Å². The van der Waals surface area contributed by atoms with E-state index in [9.17, 15) is 9.90 Å². The summed E-state index contributed by atoms with van der Waals surface area (Å²) in [6.45, 7) is 0. The van der Waals surface area contributed by atoms with Crippen molar-refractivity contribution in [3.05, 3.63) is 0 Å². The van der Waals surface area contributed by atoms with Crippen molar-refractivity contribution in [3.63, 3.8) is 0 Å². The molecule has 0 heterocycles. The van der Waals surface area contributed by atoms with Gasteiger partial charge < -0.3 is 5.11 Å². The maximum Gasteiger partial charge on any atom is 0.358 e. The van der Waals surface area contributed by atoms with Gasteiger partial charge in [0.25, 0.3) is 0 Å². The molecule has 1 aliphatic carbocycles. The molecule has 1 radical (unpaired) electrons. The monoisotopic (exact) mass is 129 g/mol. The fraction of sp³-hybridized carbons (Fsp3) is 0.833. The zero-order valence-corrected chi connectivity index (χ0v) is 5.04. The second-order valence-electron chi connectivity index (χ2n) is 2.48. The van der Waals surface area contributed by atoms with Gasteiger partial charge in [-0.3, -0.25) is 0 Å². The lowest BCUT2D eigenvalue weighted by atomic mass is 10.1. The first-order valence-electron chi connectivity index (χ1n) is 3.09. The Morgan fingerprint density at radius 2 is 2.11 bits per heavy atom. The van der Waals surface area contributed by atoms with E-state index in [-0.39, 0.29) is 0 Å². The number of aliphatic hydroxyl groups excluding tert-OH is 1. The van der Waals surface area contributed by atoms with Crippen LogP contribution in [0.15, 0.2) is 0 Å². The molecule has 0 bridgehead atoms. The highest BCUT2D eigenvalue weighted by atomic mass is 16.4. The van der Waals surface area contributed by atoms with Crippen LogP contribution in [0.2, 0.25) is 0 Å². The van der Waals surface area contributed by atoms with Gasteiger partial charge in [-0.1, -0.05) is 0 Å². The normalized spacial score (nSPS) is 34.8. The minimum atomic E-state index is -1.02. The van der Waals surface area contributed by atoms with Crippen molar-refractivity contribution in [3.8, 4) is 0 Å². The second kappa shape index (κ2) is 2.35. The molecule has 2 atom stereocenters. The van der Waals surface area contributed by atoms with Crippen LogP contribution in [0, 0.1) is 5.92 Å². The number of carbonyl (C=O) groups excluding carboxylic acids is 1. The van der Waals surface area contributed by atoms with Crippen molar-refractivity contribution in [2.24, 2.45) is 5.92 Å². The third-order valence-corrected chi connectivity index (χ3v) is 1.74. The molecule has 1 fully saturated rings. The molecule has 51 valence electrons. The Hall–Kier alpha value is -0.570. The molecule has 0 aromatic rings. The lowest BCUT2D eigenvalue weighted by Gasteiger charge is -1.97. The number of aliphatic hydroxyl groups is 1. The average Bonchev–Trinajstić information content (AvgIpc) is 2.14. The van der Waals surface area contributed by atoms with Crippen molar-refractivity contribution in [2.45, 2.75) is 25.4 Å². The van der Waals surface area contributed by atoms with Gasteiger partial charge in [-0.25, -0.2) is 9.90 Å². The Balaban J connectivity index is 2.39. The van der Waals surface area contributed by atoms with Gasteiger partial charge in [0.15, 0.2) is 0 Å². The van der Waals surface area contributed by atoms with Crippen LogP contribution in [0.4, 0.5) is 0 Å². The summed E-state index contributed by atoms with van der Waals surface area (Å²) in [5.41, 5.74) is 0. The molecule has 0 amide bonds. The van der Waals surface area contributed by atoms with Gasteiger partial charge in [-0.2, -0.15) is 0 Å². The SMILES string of the molecule is [O]C(=O)C1CCC(O)C1. The molecule has 3 nitrogen and oxygen atoms in total. The first kappa shape index (κ1) is 6.55. The molecule has 0 spiro atoms. The third-order valence-electron chi connectivity index (χ3n) is 1.74. The molecule has 0 saturated heterocycles. The number of carbonyl (C=O) groups is 1. The van der Waals surface area contributed by atoms with Gasteiger partial charge in [0.05, 0.1) is 12.0 Å². The fourth-order valence-electron chi connectivity index (χ4n) is 1.17. The van der Waals surface area contributed by atoms with Gasteiger partial charge in [0.2, 0.25) is 0 Å². The van der Waals surface area contributed by atoms with Crippen LogP contribution in [0.1, 0.15) is 19.3 Å². The summed E-state index contributed by atoms with van der Waals surface area (Å²) >= 11 is 0. The average molecular weight is 129 g/mol. The molecule has 1 saturated carbocycles. The molecular weight excluding hydrogens is 120 g/mol. The van der Waals surface area contributed by atoms with E-state index in [4.69, 9.17) is 5.11 Å². The molecule has 0 aromatic carbocycles. The topological polar surface area (TPSA) is 57.2 Å². The Labute approximate surface area is 53.3 Å². The predicted molar refractivity (Wildman–Crippen MR) is 29.0 cm³/mol. The van der Waals surface area contributed by atoms with Gasteiger partial charge >= 0.3 is 5.97 Å². The smallest absolute Gasteiger partial charge is 0.358 e. The van der Waals surface area contributed by atoms with Gasteiger partial charge in [0, 0.05) is 0 Å². The summed E-state index contributed by atoms with van der Waals surface area (Å²) in [6, 6.07) is 0. The lowest BCUT2D eigenvalue weighted by Crippen LogP contribution is -2.09. The highest BCUT2D eigenvalue weighted by Gasteiger charge is 2.29. The molecule has 2 unspecified atom stereocenters. The van der Waals surface area contributed by atoms with Crippen LogP contribution in [0.3, 0.4) is 0 Å². The van der Waals surface area contributed by atoms with E-state index in [1.54, 1.807) is 0 Å². The fourth-order valence-corrected chi connectivity index (χ4v) is 1.17. The Bertz CT molecular complexity index is 121. The molecular formula is C6H9O3. The van der Waals surface area contributed by atoms with E-state index in [2.05, 4.69) is 0 Å². The number of rotatable bonds is 1. The number of hydrogen-bond acceptors (Lipinski definition) is 2. The first-order valence-corrected chi connectivity index (χ1v) is 3.09. The van der Waals surface area contributed by atoms with Crippen molar-refractivity contribution in [1.82, 2.24) is 0 Å². The maximum atomic E-state index is 10.1. The standard InChI is InChI=1S/C6H9O3/c7-5-2-1-4(3-5)6(8)9/h4-5,7H,1-3H2. The zero-order chi connectivity index (χ0) is 6.85. The van der Waals surface area contributed by atoms with Crippen LogP contribution < -0.4 is 0 Å². The van der Waals surface area contributed by atoms with Crippen LogP contribution >= 0.6 is 0 Å². The van der Waals surface area contributed by atoms with E-state index in [0.717, 1.165) is 0 Å². The molecule has 1 aliphatic rings. The van der Waals surface area contributed by atoms with E-state index >= 15 is 0 Å². The van der Waals surface area contributed by atoms with Gasteiger partial charge in [0.1, 0.15) is 0 Å². The summed E-state index contributed by atoms with van der Waals surface area (Å²) in [6.07, 6.45) is 1.15. The van der Waals surface area contributed by atoms with E-state index in [0.29, 0.717) is 19.3 Å². The minimum Gasteiger partial charge on any atom is -0.393 e. The van der Waals surface area contributed by atoms with E-state index in [1.165, 1.54) is 0 Å². The maximum absolute atomic E-state index is 10.1. The van der Waals surface area contributed by atoms with Crippen molar-refractivity contribution >= 4 is 5.97 Å². The number of hydrogen-bond donors (Lipinski definition) is 1. The third kappa shape index (κ3) is 1.42. The van der Waals surface area contributed by atoms with Gasteiger partial charge in [-0.05, 0) is 19.3 Å². The van der Waals surface area contributed by atoms with Crippen LogP contribution in [-0.2, 0) is 9.90 Å². The van der Waals surface area contributed by atoms with E-state index < -0.39 is 18.0 Å². The molecule has 9 heavy (non-hydrogen) atoms. The molecule has 3 heteroatoms. The van der Waals surface area contributed by atoms with E-state index in [1.807, 2.05) is 0 Å². The zero-order valence-electron chi connectivity index (χ0n) is 5.04. The summed E-state index contributed by atoms with van der Waals surface area (Å²) < 4.78 is 0. The highest BCUT2D eigenvalue weighted by molar-refractivity contribution is 5.69. The molecule has 0 aromatic heterocycles. The van der Waals surface area contributed by atoms with Crippen molar-refractivity contribution < 1.29 is 15.0 Å². The second-order valence-corrected chi connectivity index (χ2v) is 2.48. The Morgan fingerprint density at radius 3 is 2.33 bits per heavy atom. The first-order chi connectivity index (χ1) is 4.20. The summed E-state index contributed by atoms with van der Waals surface area (Å²) in [5, 5.41) is 19.0.